The summed E-state index contributed by atoms with van der Waals surface area (Å²) in [5.74, 6) is -0.115. The molecule has 2 aromatic heterocycles. The predicted octanol–water partition coefficient (Wildman–Crippen LogP) is 6.15. The van der Waals surface area contributed by atoms with Crippen molar-refractivity contribution in [1.29, 1.82) is 0 Å². The molecule has 1 aliphatic heterocycles. The maximum atomic E-state index is 14.0. The molecule has 1 amide bonds. The molecule has 0 aliphatic carbocycles. The lowest BCUT2D eigenvalue weighted by molar-refractivity contribution is -0.142. The van der Waals surface area contributed by atoms with Crippen molar-refractivity contribution in [2.75, 3.05) is 26.2 Å². The van der Waals surface area contributed by atoms with E-state index in [0.29, 0.717) is 53.7 Å². The minimum Gasteiger partial charge on any atom is -0.335 e. The molecule has 0 atom stereocenters. The number of halogens is 4. The molecule has 3 heterocycles. The Balaban J connectivity index is 1.38. The van der Waals surface area contributed by atoms with E-state index in [1.54, 1.807) is 17.0 Å². The molecule has 5 rings (SSSR count). The fraction of sp³-hybridized carbons (Fsp3) is 0.321. The Morgan fingerprint density at radius 3 is 2.32 bits per heavy atom. The normalized spacial score (nSPS) is 15.0. The van der Waals surface area contributed by atoms with E-state index in [1.807, 2.05) is 50.2 Å². The van der Waals surface area contributed by atoms with E-state index < -0.39 is 17.8 Å². The van der Waals surface area contributed by atoms with Gasteiger partial charge in [0.2, 0.25) is 0 Å². The molecule has 6 nitrogen and oxygen atoms in total. The second-order valence-corrected chi connectivity index (χ2v) is 10.2. The van der Waals surface area contributed by atoms with Gasteiger partial charge in [0.05, 0.1) is 5.69 Å². The van der Waals surface area contributed by atoms with Crippen molar-refractivity contribution in [3.8, 4) is 11.3 Å². The summed E-state index contributed by atoms with van der Waals surface area (Å²) in [6, 6.07) is 17.2. The number of benzene rings is 2. The number of carbonyl (C=O) groups excluding carboxylic acids is 1. The maximum absolute atomic E-state index is 14.0. The fourth-order valence-electron chi connectivity index (χ4n) is 4.61. The third kappa shape index (κ3) is 5.39. The molecule has 10 heteroatoms. The average molecular weight is 542 g/mol. The highest BCUT2D eigenvalue weighted by Gasteiger charge is 2.36. The average Bonchev–Trinajstić information content (AvgIpc) is 3.33. The Kier molecular flexibility index (Phi) is 7.15. The van der Waals surface area contributed by atoms with Gasteiger partial charge in [-0.15, -0.1) is 0 Å². The van der Waals surface area contributed by atoms with E-state index in [0.717, 1.165) is 17.2 Å². The van der Waals surface area contributed by atoms with Crippen molar-refractivity contribution in [2.24, 2.45) is 0 Å². The monoisotopic (exact) mass is 541 g/mol. The Hall–Kier alpha value is -3.43. The molecule has 198 valence electrons. The topological polar surface area (TPSA) is 53.7 Å². The van der Waals surface area contributed by atoms with Crippen LogP contribution in [0.3, 0.4) is 0 Å². The van der Waals surface area contributed by atoms with Gasteiger partial charge in [-0.1, -0.05) is 67.9 Å². The predicted molar refractivity (Wildman–Crippen MR) is 140 cm³/mol. The highest BCUT2D eigenvalue weighted by atomic mass is 35.5. The zero-order valence-corrected chi connectivity index (χ0v) is 21.8. The van der Waals surface area contributed by atoms with Gasteiger partial charge in [-0.3, -0.25) is 9.69 Å². The molecule has 0 N–H and O–H groups in total. The molecule has 0 saturated carbocycles. The number of hydrogen-bond donors (Lipinski definition) is 0. The first-order chi connectivity index (χ1) is 18.1. The molecule has 1 fully saturated rings. The summed E-state index contributed by atoms with van der Waals surface area (Å²) >= 11 is 6.27. The summed E-state index contributed by atoms with van der Waals surface area (Å²) in [5, 5.41) is 4.73. The van der Waals surface area contributed by atoms with Crippen molar-refractivity contribution in [2.45, 2.75) is 32.5 Å². The van der Waals surface area contributed by atoms with Gasteiger partial charge < -0.3 is 4.90 Å². The first kappa shape index (κ1) is 26.2. The van der Waals surface area contributed by atoms with Crippen LogP contribution < -0.4 is 0 Å². The number of hydrogen-bond acceptors (Lipinski definition) is 4. The number of alkyl halides is 3. The summed E-state index contributed by atoms with van der Waals surface area (Å²) in [7, 11) is 0. The van der Waals surface area contributed by atoms with Crippen LogP contribution in [-0.4, -0.2) is 56.5 Å². The zero-order chi connectivity index (χ0) is 27.0. The molecular weight excluding hydrogens is 515 g/mol. The van der Waals surface area contributed by atoms with Crippen LogP contribution in [0, 0.1) is 0 Å². The molecule has 1 saturated heterocycles. The Morgan fingerprint density at radius 2 is 1.68 bits per heavy atom. The van der Waals surface area contributed by atoms with E-state index in [2.05, 4.69) is 15.0 Å². The fourth-order valence-corrected chi connectivity index (χ4v) is 4.80. The van der Waals surface area contributed by atoms with Crippen molar-refractivity contribution >= 4 is 23.2 Å². The van der Waals surface area contributed by atoms with Crippen molar-refractivity contribution in [3.63, 3.8) is 0 Å². The van der Waals surface area contributed by atoms with Crippen LogP contribution in [0.2, 0.25) is 5.02 Å². The van der Waals surface area contributed by atoms with Crippen molar-refractivity contribution in [1.82, 2.24) is 24.4 Å². The van der Waals surface area contributed by atoms with Gasteiger partial charge in [0.1, 0.15) is 0 Å². The minimum atomic E-state index is -4.68. The van der Waals surface area contributed by atoms with E-state index >= 15 is 0 Å². The second kappa shape index (κ2) is 10.4. The number of aromatic nitrogens is 3. The summed E-state index contributed by atoms with van der Waals surface area (Å²) in [6.45, 7) is 6.86. The lowest BCUT2D eigenvalue weighted by Gasteiger charge is -2.34. The zero-order valence-electron chi connectivity index (χ0n) is 21.0. The number of rotatable bonds is 5. The first-order valence-corrected chi connectivity index (χ1v) is 12.8. The van der Waals surface area contributed by atoms with E-state index in [-0.39, 0.29) is 17.0 Å². The van der Waals surface area contributed by atoms with E-state index in [4.69, 9.17) is 11.6 Å². The Morgan fingerprint density at radius 1 is 1.00 bits per heavy atom. The summed E-state index contributed by atoms with van der Waals surface area (Å²) < 4.78 is 42.7. The molecule has 0 radical (unpaired) electrons. The molecular formula is C28H27ClF3N5O. The molecule has 0 unspecified atom stereocenters. The third-order valence-electron chi connectivity index (χ3n) is 6.82. The number of carbonyl (C=O) groups is 1. The van der Waals surface area contributed by atoms with Gasteiger partial charge in [-0.2, -0.15) is 18.3 Å². The molecule has 38 heavy (non-hydrogen) atoms. The third-order valence-corrected chi connectivity index (χ3v) is 7.19. The molecule has 4 aromatic rings. The van der Waals surface area contributed by atoms with Gasteiger partial charge in [-0.05, 0) is 29.2 Å². The summed E-state index contributed by atoms with van der Waals surface area (Å²) in [5.41, 5.74) is 1.76. The minimum absolute atomic E-state index is 0.0246. The highest BCUT2D eigenvalue weighted by Crippen LogP contribution is 2.33. The summed E-state index contributed by atoms with van der Waals surface area (Å²) in [4.78, 5) is 21.4. The van der Waals surface area contributed by atoms with E-state index in [1.165, 1.54) is 6.07 Å². The van der Waals surface area contributed by atoms with Crippen LogP contribution in [0.4, 0.5) is 13.2 Å². The number of amides is 1. The standard InChI is InChI=1S/C28H27ClF3N5O/c1-18(2)19-7-9-20(10-8-19)23-15-25(28(30,31)32)37-26(33-23)16-24(34-37)27(38)36-13-11-35(12-14-36)17-21-5-3-4-6-22(21)29/h3-10,15-16,18H,11-14,17H2,1-2H3. The second-order valence-electron chi connectivity index (χ2n) is 9.76. The van der Waals surface area contributed by atoms with Crippen LogP contribution in [0.5, 0.6) is 0 Å². The van der Waals surface area contributed by atoms with Crippen LogP contribution >= 0.6 is 11.6 Å². The van der Waals surface area contributed by atoms with E-state index in [9.17, 15) is 18.0 Å². The lowest BCUT2D eigenvalue weighted by atomic mass is 10.0. The molecule has 0 bridgehead atoms. The van der Waals surface area contributed by atoms with Crippen LogP contribution in [0.1, 0.15) is 47.1 Å². The largest absolute Gasteiger partial charge is 0.433 e. The van der Waals surface area contributed by atoms with Crippen LogP contribution in [-0.2, 0) is 12.7 Å². The quantitative estimate of drug-likeness (QED) is 0.304. The number of fused-ring (bicyclic) bond motifs is 1. The summed E-state index contributed by atoms with van der Waals surface area (Å²) in [6.07, 6.45) is -4.68. The van der Waals surface area contributed by atoms with Crippen molar-refractivity contribution in [3.05, 3.63) is 88.2 Å². The SMILES string of the molecule is CC(C)c1ccc(-c2cc(C(F)(F)F)n3nc(C(=O)N4CCN(Cc5ccccc5Cl)CC4)cc3n2)cc1. The van der Waals surface area contributed by atoms with Gasteiger partial charge in [0.15, 0.2) is 17.0 Å². The van der Waals surface area contributed by atoms with Gasteiger partial charge >= 0.3 is 6.18 Å². The smallest absolute Gasteiger partial charge is 0.335 e. The van der Waals surface area contributed by atoms with Crippen LogP contribution in [0.25, 0.3) is 16.9 Å². The Labute approximate surface area is 223 Å². The first-order valence-electron chi connectivity index (χ1n) is 12.4. The van der Waals surface area contributed by atoms with Gasteiger partial charge in [-0.25, -0.2) is 9.50 Å². The molecule has 0 spiro atoms. The van der Waals surface area contributed by atoms with Gasteiger partial charge in [0, 0.05) is 49.4 Å². The molecule has 2 aromatic carbocycles. The molecule has 1 aliphatic rings. The van der Waals surface area contributed by atoms with Crippen LogP contribution in [0.15, 0.2) is 60.7 Å². The Bertz CT molecular complexity index is 1460. The maximum Gasteiger partial charge on any atom is 0.433 e. The van der Waals surface area contributed by atoms with Gasteiger partial charge in [0.25, 0.3) is 5.91 Å². The van der Waals surface area contributed by atoms with Crippen molar-refractivity contribution < 1.29 is 18.0 Å². The number of piperazine rings is 1. The highest BCUT2D eigenvalue weighted by molar-refractivity contribution is 6.31. The lowest BCUT2D eigenvalue weighted by Crippen LogP contribution is -2.48. The number of nitrogens with zero attached hydrogens (tertiary/aromatic N) is 5.